The maximum atomic E-state index is 12.7. The van der Waals surface area contributed by atoms with Gasteiger partial charge in [0.15, 0.2) is 12.4 Å². The summed E-state index contributed by atoms with van der Waals surface area (Å²) in [5, 5.41) is 0.804. The highest BCUT2D eigenvalue weighted by Gasteiger charge is 2.40. The number of esters is 1. The number of benzene rings is 2. The largest absolute Gasteiger partial charge is 0.457 e. The Labute approximate surface area is 186 Å². The number of amides is 2. The van der Waals surface area contributed by atoms with Gasteiger partial charge in [-0.05, 0) is 47.9 Å². The van der Waals surface area contributed by atoms with Crippen molar-refractivity contribution in [3.63, 3.8) is 0 Å². The molecular formula is C22H17ClN2O5S. The molecule has 3 aromatic rings. The molecule has 2 amide bonds. The molecule has 0 saturated carbocycles. The summed E-state index contributed by atoms with van der Waals surface area (Å²) in [5.41, 5.74) is 1.70. The Balaban J connectivity index is 1.31. The van der Waals surface area contributed by atoms with Gasteiger partial charge in [-0.15, -0.1) is 11.8 Å². The summed E-state index contributed by atoms with van der Waals surface area (Å²) in [6.45, 7) is -0.402. The first kappa shape index (κ1) is 21.1. The Morgan fingerprint density at radius 2 is 1.90 bits per heavy atom. The van der Waals surface area contributed by atoms with Gasteiger partial charge in [0.1, 0.15) is 0 Å². The number of anilines is 1. The number of ether oxygens (including phenoxy) is 1. The van der Waals surface area contributed by atoms with Gasteiger partial charge in [0, 0.05) is 28.7 Å². The van der Waals surface area contributed by atoms with Crippen molar-refractivity contribution in [1.29, 1.82) is 0 Å². The van der Waals surface area contributed by atoms with E-state index in [-0.39, 0.29) is 29.8 Å². The van der Waals surface area contributed by atoms with E-state index in [0.29, 0.717) is 16.3 Å². The van der Waals surface area contributed by atoms with Crippen LogP contribution in [0, 0.1) is 0 Å². The van der Waals surface area contributed by atoms with Crippen LogP contribution in [-0.2, 0) is 19.1 Å². The SMILES string of the molecule is O=C(CSC1CC(=O)N(c2ccc3cc[nH]c3c2)C1=O)OCC(=O)c1ccc(Cl)cc1. The first-order chi connectivity index (χ1) is 14.9. The highest BCUT2D eigenvalue weighted by Crippen LogP contribution is 2.31. The molecule has 1 aromatic heterocycles. The first-order valence-corrected chi connectivity index (χ1v) is 10.8. The van der Waals surface area contributed by atoms with Gasteiger partial charge >= 0.3 is 5.97 Å². The van der Waals surface area contributed by atoms with Crippen molar-refractivity contribution in [2.24, 2.45) is 0 Å². The number of rotatable bonds is 7. The van der Waals surface area contributed by atoms with Crippen LogP contribution in [0.5, 0.6) is 0 Å². The molecule has 2 aromatic carbocycles. The zero-order chi connectivity index (χ0) is 22.0. The standard InChI is InChI=1S/C22H17ClN2O5S/c23-15-4-1-14(2-5-15)18(26)11-30-21(28)12-31-19-10-20(27)25(22(19)29)16-6-3-13-7-8-24-17(13)9-16/h1-9,19,24H,10-12H2. The Morgan fingerprint density at radius 1 is 1.13 bits per heavy atom. The molecule has 7 nitrogen and oxygen atoms in total. The summed E-state index contributed by atoms with van der Waals surface area (Å²) in [7, 11) is 0. The van der Waals surface area contributed by atoms with E-state index in [0.717, 1.165) is 27.6 Å². The number of H-pyrrole nitrogens is 1. The van der Waals surface area contributed by atoms with E-state index >= 15 is 0 Å². The van der Waals surface area contributed by atoms with Gasteiger partial charge in [-0.3, -0.25) is 19.2 Å². The maximum Gasteiger partial charge on any atom is 0.316 e. The average molecular weight is 457 g/mol. The van der Waals surface area contributed by atoms with E-state index in [2.05, 4.69) is 4.98 Å². The zero-order valence-corrected chi connectivity index (χ0v) is 17.7. The van der Waals surface area contributed by atoms with Crippen LogP contribution in [0.25, 0.3) is 10.9 Å². The lowest BCUT2D eigenvalue weighted by atomic mass is 10.1. The van der Waals surface area contributed by atoms with E-state index in [1.165, 1.54) is 0 Å². The van der Waals surface area contributed by atoms with E-state index in [1.54, 1.807) is 42.6 Å². The lowest BCUT2D eigenvalue weighted by Crippen LogP contribution is -2.31. The normalized spacial score (nSPS) is 16.2. The number of ketones is 1. The molecule has 0 radical (unpaired) electrons. The first-order valence-electron chi connectivity index (χ1n) is 9.42. The average Bonchev–Trinajstić information content (AvgIpc) is 3.34. The van der Waals surface area contributed by atoms with Crippen molar-refractivity contribution >= 4 is 63.5 Å². The molecule has 0 aliphatic carbocycles. The summed E-state index contributed by atoms with van der Waals surface area (Å²) in [5.74, 6) is -1.81. The molecule has 1 N–H and O–H groups in total. The molecule has 9 heteroatoms. The van der Waals surface area contributed by atoms with Crippen LogP contribution in [0.3, 0.4) is 0 Å². The minimum absolute atomic E-state index is 0.00322. The molecule has 1 fully saturated rings. The van der Waals surface area contributed by atoms with Gasteiger partial charge < -0.3 is 9.72 Å². The summed E-state index contributed by atoms with van der Waals surface area (Å²) < 4.78 is 5.00. The fourth-order valence-corrected chi connectivity index (χ4v) is 4.31. The summed E-state index contributed by atoms with van der Waals surface area (Å²) in [4.78, 5) is 53.4. The lowest BCUT2D eigenvalue weighted by molar-refractivity contribution is -0.139. The number of nitrogens with one attached hydrogen (secondary N) is 1. The number of carbonyl (C=O) groups excluding carboxylic acids is 4. The van der Waals surface area contributed by atoms with Crippen molar-refractivity contribution in [1.82, 2.24) is 4.98 Å². The van der Waals surface area contributed by atoms with Gasteiger partial charge in [-0.25, -0.2) is 4.90 Å². The van der Waals surface area contributed by atoms with Gasteiger partial charge in [0.2, 0.25) is 11.8 Å². The predicted molar refractivity (Wildman–Crippen MR) is 118 cm³/mol. The lowest BCUT2D eigenvalue weighted by Gasteiger charge is -2.15. The number of nitrogens with zero attached hydrogens (tertiary/aromatic N) is 1. The second-order valence-corrected chi connectivity index (χ2v) is 8.54. The Kier molecular flexibility index (Phi) is 6.11. The number of fused-ring (bicyclic) bond motifs is 1. The second-order valence-electron chi connectivity index (χ2n) is 6.91. The number of thioether (sulfide) groups is 1. The number of imide groups is 1. The van der Waals surface area contributed by atoms with E-state index < -0.39 is 17.8 Å². The monoisotopic (exact) mass is 456 g/mol. The summed E-state index contributed by atoms with van der Waals surface area (Å²) in [6, 6.07) is 13.4. The van der Waals surface area contributed by atoms with Crippen molar-refractivity contribution in [3.8, 4) is 0 Å². The fraction of sp³-hybridized carbons (Fsp3) is 0.182. The number of halogens is 1. The topological polar surface area (TPSA) is 96.5 Å². The molecule has 31 heavy (non-hydrogen) atoms. The van der Waals surface area contributed by atoms with Crippen LogP contribution < -0.4 is 4.90 Å². The highest BCUT2D eigenvalue weighted by atomic mass is 35.5. The molecule has 1 atom stereocenters. The van der Waals surface area contributed by atoms with Crippen LogP contribution >= 0.6 is 23.4 Å². The van der Waals surface area contributed by atoms with Crippen LogP contribution in [0.4, 0.5) is 5.69 Å². The number of aromatic amines is 1. The third kappa shape index (κ3) is 4.65. The van der Waals surface area contributed by atoms with Gasteiger partial charge in [0.05, 0.1) is 16.7 Å². The highest BCUT2D eigenvalue weighted by molar-refractivity contribution is 8.01. The van der Waals surface area contributed by atoms with E-state index in [9.17, 15) is 19.2 Å². The molecule has 1 unspecified atom stereocenters. The Bertz CT molecular complexity index is 1170. The quantitative estimate of drug-likeness (QED) is 0.331. The molecule has 2 heterocycles. The van der Waals surface area contributed by atoms with Crippen LogP contribution in [0.2, 0.25) is 5.02 Å². The molecule has 0 spiro atoms. The summed E-state index contributed by atoms with van der Waals surface area (Å²) in [6.07, 6.45) is 1.78. The number of Topliss-reactive ketones (excluding diaryl/α,β-unsaturated/α-hetero) is 1. The number of aromatic nitrogens is 1. The molecule has 4 rings (SSSR count). The van der Waals surface area contributed by atoms with Crippen LogP contribution in [0.15, 0.2) is 54.7 Å². The van der Waals surface area contributed by atoms with Crippen molar-refractivity contribution in [2.75, 3.05) is 17.3 Å². The minimum atomic E-state index is -0.675. The molecule has 158 valence electrons. The van der Waals surface area contributed by atoms with E-state index in [1.807, 2.05) is 12.1 Å². The summed E-state index contributed by atoms with van der Waals surface area (Å²) >= 11 is 6.82. The fourth-order valence-electron chi connectivity index (χ4n) is 3.26. The molecule has 1 aliphatic rings. The van der Waals surface area contributed by atoms with E-state index in [4.69, 9.17) is 16.3 Å². The molecule has 1 saturated heterocycles. The number of hydrogen-bond donors (Lipinski definition) is 1. The van der Waals surface area contributed by atoms with Gasteiger partial charge in [-0.2, -0.15) is 0 Å². The molecule has 0 bridgehead atoms. The zero-order valence-electron chi connectivity index (χ0n) is 16.2. The van der Waals surface area contributed by atoms with Gasteiger partial charge in [-0.1, -0.05) is 17.7 Å². The molecular weight excluding hydrogens is 440 g/mol. The smallest absolute Gasteiger partial charge is 0.316 e. The van der Waals surface area contributed by atoms with Crippen molar-refractivity contribution in [3.05, 3.63) is 65.3 Å². The third-order valence-electron chi connectivity index (χ3n) is 4.83. The van der Waals surface area contributed by atoms with Crippen LogP contribution in [-0.4, -0.2) is 46.2 Å². The second kappa shape index (κ2) is 8.95. The number of hydrogen-bond acceptors (Lipinski definition) is 6. The Hall–Kier alpha value is -3.10. The maximum absolute atomic E-state index is 12.7. The Morgan fingerprint density at radius 3 is 2.68 bits per heavy atom. The predicted octanol–water partition coefficient (Wildman–Crippen LogP) is 3.61. The van der Waals surface area contributed by atoms with Gasteiger partial charge in [0.25, 0.3) is 0 Å². The minimum Gasteiger partial charge on any atom is -0.457 e. The van der Waals surface area contributed by atoms with Crippen molar-refractivity contribution < 1.29 is 23.9 Å². The van der Waals surface area contributed by atoms with Crippen LogP contribution in [0.1, 0.15) is 16.8 Å². The van der Waals surface area contributed by atoms with Crippen molar-refractivity contribution in [2.45, 2.75) is 11.7 Å². The third-order valence-corrected chi connectivity index (χ3v) is 6.26. The molecule has 1 aliphatic heterocycles. The number of carbonyl (C=O) groups is 4.